The monoisotopic (exact) mass is 254 g/mol. The first-order valence-electron chi connectivity index (χ1n) is 6.56. The van der Waals surface area contributed by atoms with E-state index in [2.05, 4.69) is 35.5 Å². The van der Waals surface area contributed by atoms with Crippen LogP contribution in [0.4, 0.5) is 0 Å². The smallest absolute Gasteiger partial charge is 0.249 e. The fourth-order valence-electron chi connectivity index (χ4n) is 2.95. The van der Waals surface area contributed by atoms with Crippen molar-refractivity contribution in [3.8, 4) is 0 Å². The van der Waals surface area contributed by atoms with Gasteiger partial charge in [-0.1, -0.05) is 37.4 Å². The molecule has 0 bridgehead atoms. The van der Waals surface area contributed by atoms with Crippen molar-refractivity contribution < 1.29 is 4.79 Å². The van der Waals surface area contributed by atoms with Crippen molar-refractivity contribution >= 4 is 11.6 Å². The number of amides is 1. The van der Waals surface area contributed by atoms with Gasteiger partial charge in [0.15, 0.2) is 0 Å². The van der Waals surface area contributed by atoms with Gasteiger partial charge in [-0.15, -0.1) is 0 Å². The second-order valence-electron chi connectivity index (χ2n) is 5.52. The maximum Gasteiger partial charge on any atom is 0.249 e. The van der Waals surface area contributed by atoms with Crippen LogP contribution in [0.3, 0.4) is 0 Å². The number of carbonyl (C=O) groups excluding carboxylic acids is 1. The van der Waals surface area contributed by atoms with Gasteiger partial charge in [-0.25, -0.2) is 0 Å². The van der Waals surface area contributed by atoms with Gasteiger partial charge in [0.05, 0.1) is 0 Å². The molecule has 1 N–H and O–H groups in total. The molecule has 0 aromatic heterocycles. The highest BCUT2D eigenvalue weighted by Crippen LogP contribution is 2.40. The lowest BCUT2D eigenvalue weighted by Gasteiger charge is -2.42. The van der Waals surface area contributed by atoms with Crippen molar-refractivity contribution in [3.05, 3.63) is 54.2 Å². The van der Waals surface area contributed by atoms with Crippen LogP contribution in [0.2, 0.25) is 0 Å². The molecule has 0 aliphatic carbocycles. The summed E-state index contributed by atoms with van der Waals surface area (Å²) in [5.74, 6) is 0.0257. The van der Waals surface area contributed by atoms with E-state index in [1.165, 1.54) is 5.56 Å². The number of allylic oxidation sites excluding steroid dienone is 1. The van der Waals surface area contributed by atoms with E-state index in [0.717, 1.165) is 36.3 Å². The van der Waals surface area contributed by atoms with Gasteiger partial charge in [0, 0.05) is 23.5 Å². The number of rotatable bonds is 1. The van der Waals surface area contributed by atoms with E-state index < -0.39 is 5.54 Å². The van der Waals surface area contributed by atoms with Crippen LogP contribution in [0.1, 0.15) is 30.9 Å². The highest BCUT2D eigenvalue weighted by Gasteiger charge is 2.45. The third-order valence-corrected chi connectivity index (χ3v) is 4.27. The Hall–Kier alpha value is -2.03. The Bertz CT molecular complexity index is 590. The number of benzene rings is 1. The molecular weight excluding hydrogens is 236 g/mol. The lowest BCUT2D eigenvalue weighted by atomic mass is 9.88. The van der Waals surface area contributed by atoms with Gasteiger partial charge in [-0.05, 0) is 25.3 Å². The summed E-state index contributed by atoms with van der Waals surface area (Å²) in [6.45, 7) is 10.8. The summed E-state index contributed by atoms with van der Waals surface area (Å²) in [6.07, 6.45) is 1.60. The Morgan fingerprint density at radius 3 is 2.74 bits per heavy atom. The Morgan fingerprint density at radius 1 is 1.32 bits per heavy atom. The lowest BCUT2D eigenvalue weighted by molar-refractivity contribution is -0.131. The van der Waals surface area contributed by atoms with Crippen LogP contribution in [0, 0.1) is 0 Å². The van der Waals surface area contributed by atoms with E-state index in [1.807, 2.05) is 19.1 Å². The van der Waals surface area contributed by atoms with Gasteiger partial charge in [0.25, 0.3) is 0 Å². The lowest BCUT2D eigenvalue weighted by Crippen LogP contribution is -2.56. The Morgan fingerprint density at radius 2 is 2.05 bits per heavy atom. The standard InChI is InChI=1S/C16H18N2O/c1-11-8-9-16(3,15(19)17-11)18-10-13-6-4-5-7-14(13)12(18)2/h4-7H,1-2,8-10H2,3H3,(H,17,19). The summed E-state index contributed by atoms with van der Waals surface area (Å²) in [6, 6.07) is 8.21. The number of nitrogens with zero attached hydrogens (tertiary/aromatic N) is 1. The van der Waals surface area contributed by atoms with Crippen LogP contribution in [-0.2, 0) is 11.3 Å². The first-order valence-corrected chi connectivity index (χ1v) is 6.56. The van der Waals surface area contributed by atoms with Crippen molar-refractivity contribution in [1.29, 1.82) is 0 Å². The molecule has 2 heterocycles. The van der Waals surface area contributed by atoms with Crippen LogP contribution in [0.5, 0.6) is 0 Å². The van der Waals surface area contributed by atoms with Crippen LogP contribution >= 0.6 is 0 Å². The molecule has 3 nitrogen and oxygen atoms in total. The fraction of sp³-hybridized carbons (Fsp3) is 0.312. The maximum atomic E-state index is 12.4. The predicted octanol–water partition coefficient (Wildman–Crippen LogP) is 2.66. The van der Waals surface area contributed by atoms with Crippen LogP contribution in [-0.4, -0.2) is 16.3 Å². The second kappa shape index (κ2) is 3.98. The van der Waals surface area contributed by atoms with E-state index in [9.17, 15) is 4.79 Å². The fourth-order valence-corrected chi connectivity index (χ4v) is 2.95. The highest BCUT2D eigenvalue weighted by molar-refractivity contribution is 5.90. The van der Waals surface area contributed by atoms with E-state index in [4.69, 9.17) is 0 Å². The molecule has 1 fully saturated rings. The number of hydrogen-bond acceptors (Lipinski definition) is 2. The Balaban J connectivity index is 1.95. The molecule has 3 heteroatoms. The topological polar surface area (TPSA) is 32.3 Å². The summed E-state index contributed by atoms with van der Waals surface area (Å²) in [4.78, 5) is 14.5. The van der Waals surface area contributed by atoms with Crippen molar-refractivity contribution in [2.75, 3.05) is 0 Å². The summed E-state index contributed by atoms with van der Waals surface area (Å²) in [5.41, 5.74) is 3.62. The van der Waals surface area contributed by atoms with Crippen LogP contribution in [0.15, 0.2) is 43.1 Å². The first kappa shape index (κ1) is 12.0. The minimum atomic E-state index is -0.530. The molecule has 2 aliphatic rings. The van der Waals surface area contributed by atoms with E-state index >= 15 is 0 Å². The van der Waals surface area contributed by atoms with E-state index in [1.54, 1.807) is 0 Å². The van der Waals surface area contributed by atoms with Gasteiger partial charge < -0.3 is 10.2 Å². The van der Waals surface area contributed by atoms with Crippen LogP contribution in [0.25, 0.3) is 5.70 Å². The number of fused-ring (bicyclic) bond motifs is 1. The Kier molecular flexibility index (Phi) is 2.52. The van der Waals surface area contributed by atoms with Gasteiger partial charge in [0.1, 0.15) is 5.54 Å². The molecule has 1 saturated heterocycles. The molecule has 2 aliphatic heterocycles. The molecule has 1 atom stereocenters. The zero-order valence-corrected chi connectivity index (χ0v) is 11.2. The summed E-state index contributed by atoms with van der Waals surface area (Å²) < 4.78 is 0. The van der Waals surface area contributed by atoms with Gasteiger partial charge in [-0.3, -0.25) is 4.79 Å². The largest absolute Gasteiger partial charge is 0.353 e. The minimum absolute atomic E-state index is 0.0257. The van der Waals surface area contributed by atoms with Gasteiger partial charge in [0.2, 0.25) is 5.91 Å². The quantitative estimate of drug-likeness (QED) is 0.835. The molecule has 1 aromatic rings. The number of carbonyl (C=O) groups is 1. The minimum Gasteiger partial charge on any atom is -0.353 e. The molecule has 0 radical (unpaired) electrons. The van der Waals surface area contributed by atoms with Gasteiger partial charge >= 0.3 is 0 Å². The molecular formula is C16H18N2O. The SMILES string of the molecule is C=C1CCC(C)(N2Cc3ccccc3C2=C)C(=O)N1. The van der Waals surface area contributed by atoms with Crippen molar-refractivity contribution in [2.45, 2.75) is 31.8 Å². The van der Waals surface area contributed by atoms with E-state index in [0.29, 0.717) is 0 Å². The van der Waals surface area contributed by atoms with Crippen molar-refractivity contribution in [3.63, 3.8) is 0 Å². The average Bonchev–Trinajstić information content (AvgIpc) is 2.73. The second-order valence-corrected chi connectivity index (χ2v) is 5.52. The molecule has 19 heavy (non-hydrogen) atoms. The average molecular weight is 254 g/mol. The molecule has 1 unspecified atom stereocenters. The Labute approximate surface area is 113 Å². The summed E-state index contributed by atoms with van der Waals surface area (Å²) in [7, 11) is 0. The van der Waals surface area contributed by atoms with Crippen molar-refractivity contribution in [2.24, 2.45) is 0 Å². The molecule has 0 saturated carbocycles. The predicted molar refractivity (Wildman–Crippen MR) is 75.9 cm³/mol. The molecule has 98 valence electrons. The number of nitrogens with one attached hydrogen (secondary N) is 1. The normalized spacial score (nSPS) is 26.4. The van der Waals surface area contributed by atoms with Crippen molar-refractivity contribution in [1.82, 2.24) is 10.2 Å². The maximum absolute atomic E-state index is 12.4. The highest BCUT2D eigenvalue weighted by atomic mass is 16.2. The third kappa shape index (κ3) is 1.69. The number of hydrogen-bond donors (Lipinski definition) is 1. The third-order valence-electron chi connectivity index (χ3n) is 4.27. The summed E-state index contributed by atoms with van der Waals surface area (Å²) >= 11 is 0. The molecule has 3 rings (SSSR count). The zero-order chi connectivity index (χ0) is 13.6. The van der Waals surface area contributed by atoms with Crippen LogP contribution < -0.4 is 5.32 Å². The molecule has 1 amide bonds. The first-order chi connectivity index (χ1) is 9.02. The van der Waals surface area contributed by atoms with Gasteiger partial charge in [-0.2, -0.15) is 0 Å². The molecule has 0 spiro atoms. The summed E-state index contributed by atoms with van der Waals surface area (Å²) in [5, 5.41) is 2.88. The van der Waals surface area contributed by atoms with E-state index in [-0.39, 0.29) is 5.91 Å². The zero-order valence-electron chi connectivity index (χ0n) is 11.2. The molecule has 1 aromatic carbocycles. The number of piperidine rings is 1.